The van der Waals surface area contributed by atoms with Gasteiger partial charge < -0.3 is 14.9 Å². The van der Waals surface area contributed by atoms with E-state index in [9.17, 15) is 9.90 Å². The summed E-state index contributed by atoms with van der Waals surface area (Å²) < 4.78 is 1.76. The average Bonchev–Trinajstić information content (AvgIpc) is 3.62. The molecule has 39 heavy (non-hydrogen) atoms. The minimum atomic E-state index is -0.669. The van der Waals surface area contributed by atoms with Crippen LogP contribution in [0.2, 0.25) is 0 Å². The SMILES string of the molecule is CCN(CC)[C@@H](C)CCC(=O)c1cc(-c2cnn3ccc(-c4cccs4)nc23)nc(N2CCC(C)(O)CC2)c1. The zero-order chi connectivity index (χ0) is 27.6. The van der Waals surface area contributed by atoms with Gasteiger partial charge in [-0.15, -0.1) is 11.3 Å². The van der Waals surface area contributed by atoms with Gasteiger partial charge in [0.15, 0.2) is 11.4 Å². The van der Waals surface area contributed by atoms with Gasteiger partial charge in [0, 0.05) is 37.3 Å². The van der Waals surface area contributed by atoms with Crippen LogP contribution in [0.15, 0.2) is 48.1 Å². The van der Waals surface area contributed by atoms with Crippen molar-refractivity contribution in [2.45, 2.75) is 65.0 Å². The third-order valence-electron chi connectivity index (χ3n) is 7.94. The Morgan fingerprint density at radius 1 is 1.15 bits per heavy atom. The highest BCUT2D eigenvalue weighted by atomic mass is 32.1. The largest absolute Gasteiger partial charge is 0.390 e. The van der Waals surface area contributed by atoms with Crippen LogP contribution in [0.25, 0.3) is 27.5 Å². The first-order valence-electron chi connectivity index (χ1n) is 13.9. The topological polar surface area (TPSA) is 86.9 Å². The second-order valence-corrected chi connectivity index (χ2v) is 11.7. The van der Waals surface area contributed by atoms with Crippen molar-refractivity contribution in [2.75, 3.05) is 31.1 Å². The van der Waals surface area contributed by atoms with Gasteiger partial charge in [-0.1, -0.05) is 19.9 Å². The van der Waals surface area contributed by atoms with E-state index in [4.69, 9.17) is 9.97 Å². The molecule has 206 valence electrons. The Morgan fingerprint density at radius 2 is 1.92 bits per heavy atom. The van der Waals surface area contributed by atoms with Crippen molar-refractivity contribution >= 4 is 28.6 Å². The van der Waals surface area contributed by atoms with Crippen LogP contribution < -0.4 is 4.90 Å². The highest BCUT2D eigenvalue weighted by molar-refractivity contribution is 7.13. The van der Waals surface area contributed by atoms with Crippen LogP contribution in [0.3, 0.4) is 0 Å². The van der Waals surface area contributed by atoms with Gasteiger partial charge in [0.25, 0.3) is 0 Å². The van der Waals surface area contributed by atoms with E-state index in [2.05, 4.69) is 41.7 Å². The molecule has 0 saturated carbocycles. The molecule has 0 bridgehead atoms. The lowest BCUT2D eigenvalue weighted by Crippen LogP contribution is -2.42. The van der Waals surface area contributed by atoms with E-state index in [0.29, 0.717) is 55.3 Å². The molecular formula is C30H38N6O2S. The van der Waals surface area contributed by atoms with Crippen LogP contribution >= 0.6 is 11.3 Å². The van der Waals surface area contributed by atoms with Crippen LogP contribution in [0.1, 0.15) is 63.7 Å². The lowest BCUT2D eigenvalue weighted by Gasteiger charge is -2.36. The van der Waals surface area contributed by atoms with E-state index in [1.165, 1.54) is 0 Å². The molecule has 1 aliphatic rings. The van der Waals surface area contributed by atoms with Gasteiger partial charge in [0.2, 0.25) is 0 Å². The third-order valence-corrected chi connectivity index (χ3v) is 8.83. The number of nitrogens with zero attached hydrogens (tertiary/aromatic N) is 6. The Bertz CT molecular complexity index is 1420. The van der Waals surface area contributed by atoms with Crippen LogP contribution in [-0.4, -0.2) is 73.2 Å². The number of aromatic nitrogens is 4. The van der Waals surface area contributed by atoms with Crippen molar-refractivity contribution in [1.82, 2.24) is 24.5 Å². The Balaban J connectivity index is 1.51. The fourth-order valence-electron chi connectivity index (χ4n) is 5.32. The number of hydrogen-bond donors (Lipinski definition) is 1. The number of fused-ring (bicyclic) bond motifs is 1. The molecule has 4 aromatic rings. The van der Waals surface area contributed by atoms with Crippen molar-refractivity contribution in [2.24, 2.45) is 0 Å². The van der Waals surface area contributed by atoms with Crippen molar-refractivity contribution in [3.05, 3.63) is 53.7 Å². The lowest BCUT2D eigenvalue weighted by molar-refractivity contribution is 0.0350. The monoisotopic (exact) mass is 546 g/mol. The number of ketones is 1. The molecule has 8 nitrogen and oxygen atoms in total. The Labute approximate surface area is 234 Å². The number of hydrogen-bond acceptors (Lipinski definition) is 8. The molecule has 5 heterocycles. The van der Waals surface area contributed by atoms with Crippen molar-refractivity contribution < 1.29 is 9.90 Å². The van der Waals surface area contributed by atoms with E-state index in [1.807, 2.05) is 42.8 Å². The van der Waals surface area contributed by atoms with Gasteiger partial charge in [-0.3, -0.25) is 4.79 Å². The number of pyridine rings is 1. The van der Waals surface area contributed by atoms with Gasteiger partial charge in [-0.25, -0.2) is 14.5 Å². The quantitative estimate of drug-likeness (QED) is 0.261. The lowest BCUT2D eigenvalue weighted by atomic mass is 9.93. The first-order chi connectivity index (χ1) is 18.8. The fourth-order valence-corrected chi connectivity index (χ4v) is 6.01. The van der Waals surface area contributed by atoms with E-state index in [1.54, 1.807) is 22.0 Å². The summed E-state index contributed by atoms with van der Waals surface area (Å²) in [5, 5.41) is 17.1. The Hall–Kier alpha value is -3.14. The second kappa shape index (κ2) is 11.5. The van der Waals surface area contributed by atoms with Crippen LogP contribution in [-0.2, 0) is 0 Å². The molecule has 0 aliphatic carbocycles. The molecule has 4 aromatic heterocycles. The van der Waals surface area contributed by atoms with E-state index in [-0.39, 0.29) is 5.78 Å². The van der Waals surface area contributed by atoms with Gasteiger partial charge in [0.1, 0.15) is 5.82 Å². The van der Waals surface area contributed by atoms with Crippen LogP contribution in [0.5, 0.6) is 0 Å². The normalized spacial score (nSPS) is 16.2. The summed E-state index contributed by atoms with van der Waals surface area (Å²) in [6.45, 7) is 11.7. The predicted molar refractivity (Wildman–Crippen MR) is 158 cm³/mol. The number of carbonyl (C=O) groups excluding carboxylic acids is 1. The van der Waals surface area contributed by atoms with Crippen molar-refractivity contribution in [1.29, 1.82) is 0 Å². The number of carbonyl (C=O) groups is 1. The highest BCUT2D eigenvalue weighted by Gasteiger charge is 2.29. The minimum absolute atomic E-state index is 0.117. The average molecular weight is 547 g/mol. The summed E-state index contributed by atoms with van der Waals surface area (Å²) in [6, 6.07) is 10.2. The third kappa shape index (κ3) is 6.05. The number of rotatable bonds is 10. The van der Waals surface area contributed by atoms with Crippen molar-refractivity contribution in [3.8, 4) is 21.8 Å². The van der Waals surface area contributed by atoms with Gasteiger partial charge >= 0.3 is 0 Å². The standard InChI is InChI=1S/C30H38N6O2S/c1-5-34(6-2)21(3)9-10-26(37)22-18-25(32-28(19-22)35-15-12-30(4,38)13-16-35)23-20-31-36-14-11-24(33-29(23)36)27-8-7-17-39-27/h7-8,11,14,17-21,38H,5-6,9-10,12-13,15-16H2,1-4H3/t21-/m0/s1. The molecule has 9 heteroatoms. The molecule has 1 atom stereocenters. The summed E-state index contributed by atoms with van der Waals surface area (Å²) in [6.07, 6.45) is 6.30. The Kier molecular flexibility index (Phi) is 8.11. The molecule has 0 aromatic carbocycles. The number of Topliss-reactive ketones (excluding diaryl/α,β-unsaturated/α-hetero) is 1. The van der Waals surface area contributed by atoms with Gasteiger partial charge in [0.05, 0.1) is 33.6 Å². The molecule has 1 saturated heterocycles. The minimum Gasteiger partial charge on any atom is -0.390 e. The first-order valence-corrected chi connectivity index (χ1v) is 14.8. The van der Waals surface area contributed by atoms with Crippen LogP contribution in [0, 0.1) is 0 Å². The predicted octanol–water partition coefficient (Wildman–Crippen LogP) is 5.56. The molecule has 0 radical (unpaired) electrons. The molecule has 0 unspecified atom stereocenters. The molecule has 0 amide bonds. The molecule has 5 rings (SSSR count). The highest BCUT2D eigenvalue weighted by Crippen LogP contribution is 2.31. The van der Waals surface area contributed by atoms with E-state index >= 15 is 0 Å². The summed E-state index contributed by atoms with van der Waals surface area (Å²) in [4.78, 5) is 29.1. The fraction of sp³-hybridized carbons (Fsp3) is 0.467. The number of piperidine rings is 1. The molecule has 0 spiro atoms. The zero-order valence-corrected chi connectivity index (χ0v) is 24.1. The molecule has 1 aliphatic heterocycles. The number of anilines is 1. The van der Waals surface area contributed by atoms with E-state index in [0.717, 1.165) is 41.5 Å². The van der Waals surface area contributed by atoms with Gasteiger partial charge in [-0.05, 0) is 75.8 Å². The maximum atomic E-state index is 13.5. The zero-order valence-electron chi connectivity index (χ0n) is 23.3. The summed E-state index contributed by atoms with van der Waals surface area (Å²) in [7, 11) is 0. The maximum absolute atomic E-state index is 13.5. The molecule has 1 fully saturated rings. The second-order valence-electron chi connectivity index (χ2n) is 10.7. The smallest absolute Gasteiger partial charge is 0.165 e. The van der Waals surface area contributed by atoms with Gasteiger partial charge in [-0.2, -0.15) is 5.10 Å². The maximum Gasteiger partial charge on any atom is 0.165 e. The summed E-state index contributed by atoms with van der Waals surface area (Å²) >= 11 is 1.65. The molecule has 1 N–H and O–H groups in total. The summed E-state index contributed by atoms with van der Waals surface area (Å²) in [5.41, 5.74) is 3.07. The number of aliphatic hydroxyl groups is 1. The first kappa shape index (κ1) is 27.4. The van der Waals surface area contributed by atoms with E-state index < -0.39 is 5.60 Å². The van der Waals surface area contributed by atoms with Crippen molar-refractivity contribution in [3.63, 3.8) is 0 Å². The summed E-state index contributed by atoms with van der Waals surface area (Å²) in [5.74, 6) is 0.878. The molecular weight excluding hydrogens is 508 g/mol. The number of thiophene rings is 1. The van der Waals surface area contributed by atoms with Crippen LogP contribution in [0.4, 0.5) is 5.82 Å². The Morgan fingerprint density at radius 3 is 2.62 bits per heavy atom.